The quantitative estimate of drug-likeness (QED) is 0.871. The molecule has 0 radical (unpaired) electrons. The molecule has 2 aliphatic rings. The number of amides is 1. The third-order valence-corrected chi connectivity index (χ3v) is 5.51. The van der Waals surface area contributed by atoms with Crippen molar-refractivity contribution in [2.75, 3.05) is 19.6 Å². The highest BCUT2D eigenvalue weighted by Crippen LogP contribution is 2.25. The molecule has 0 aromatic carbocycles. The Morgan fingerprint density at radius 1 is 1.25 bits per heavy atom. The number of rotatable bonds is 6. The van der Waals surface area contributed by atoms with Gasteiger partial charge in [0, 0.05) is 38.8 Å². The van der Waals surface area contributed by atoms with Crippen molar-refractivity contribution in [1.82, 2.24) is 20.0 Å². The van der Waals surface area contributed by atoms with E-state index in [2.05, 4.69) is 15.3 Å². The van der Waals surface area contributed by atoms with Crippen LogP contribution in [0.3, 0.4) is 0 Å². The average Bonchev–Trinajstić information content (AvgIpc) is 3.00. The van der Waals surface area contributed by atoms with Crippen LogP contribution in [0.2, 0.25) is 0 Å². The van der Waals surface area contributed by atoms with Crippen molar-refractivity contribution in [1.29, 1.82) is 0 Å². The smallest absolute Gasteiger partial charge is 0.220 e. The van der Waals surface area contributed by atoms with Crippen LogP contribution in [0.4, 0.5) is 0 Å². The molecule has 1 aromatic rings. The van der Waals surface area contributed by atoms with Gasteiger partial charge < -0.3 is 10.2 Å². The van der Waals surface area contributed by atoms with E-state index in [0.29, 0.717) is 12.5 Å². The second-order valence-corrected chi connectivity index (χ2v) is 7.69. The van der Waals surface area contributed by atoms with Crippen molar-refractivity contribution in [2.45, 2.75) is 63.8 Å². The van der Waals surface area contributed by atoms with E-state index in [4.69, 9.17) is 0 Å². The van der Waals surface area contributed by atoms with Gasteiger partial charge in [0.05, 0.1) is 6.20 Å². The molecule has 1 saturated carbocycles. The zero-order chi connectivity index (χ0) is 16.8. The lowest BCUT2D eigenvalue weighted by atomic mass is 9.88. The third-order valence-electron chi connectivity index (χ3n) is 5.51. The summed E-state index contributed by atoms with van der Waals surface area (Å²) in [7, 11) is 1.91. The number of aromatic nitrogens is 2. The van der Waals surface area contributed by atoms with Crippen LogP contribution in [0.25, 0.3) is 0 Å². The fraction of sp³-hybridized carbons (Fsp3) is 0.789. The minimum Gasteiger partial charge on any atom is -0.352 e. The topological polar surface area (TPSA) is 50.2 Å². The normalized spacial score (nSPS) is 23.3. The van der Waals surface area contributed by atoms with E-state index in [-0.39, 0.29) is 5.91 Å². The Kier molecular flexibility index (Phi) is 6.30. The van der Waals surface area contributed by atoms with Crippen LogP contribution in [-0.2, 0) is 18.3 Å². The lowest BCUT2D eigenvalue weighted by molar-refractivity contribution is -0.122. The van der Waals surface area contributed by atoms with E-state index in [1.165, 1.54) is 51.6 Å². The van der Waals surface area contributed by atoms with Crippen molar-refractivity contribution < 1.29 is 4.79 Å². The van der Waals surface area contributed by atoms with E-state index >= 15 is 0 Å². The molecule has 24 heavy (non-hydrogen) atoms. The molecule has 2 heterocycles. The summed E-state index contributed by atoms with van der Waals surface area (Å²) in [5.41, 5.74) is 1.13. The first-order valence-electron chi connectivity index (χ1n) is 9.68. The number of aryl methyl sites for hydroxylation is 2. The maximum absolute atomic E-state index is 12.2. The molecule has 2 fully saturated rings. The number of carbonyl (C=O) groups excluding carboxylic acids is 1. The van der Waals surface area contributed by atoms with Gasteiger partial charge in [0.1, 0.15) is 0 Å². The van der Waals surface area contributed by atoms with E-state index in [1.807, 2.05) is 19.4 Å². The Morgan fingerprint density at radius 2 is 2.08 bits per heavy atom. The number of piperidine rings is 1. The highest BCUT2D eigenvalue weighted by atomic mass is 16.1. The van der Waals surface area contributed by atoms with Crippen LogP contribution in [0, 0.1) is 5.92 Å². The summed E-state index contributed by atoms with van der Waals surface area (Å²) in [4.78, 5) is 14.8. The first-order chi connectivity index (χ1) is 11.7. The Bertz CT molecular complexity index is 521. The first-order valence-corrected chi connectivity index (χ1v) is 9.68. The molecule has 134 valence electrons. The van der Waals surface area contributed by atoms with Gasteiger partial charge in [-0.1, -0.05) is 19.3 Å². The number of nitrogens with one attached hydrogen (secondary N) is 1. The molecule has 1 amide bonds. The number of nitrogens with zero attached hydrogens (tertiary/aromatic N) is 3. The summed E-state index contributed by atoms with van der Waals surface area (Å²) in [5.74, 6) is 1.07. The molecule has 5 nitrogen and oxygen atoms in total. The summed E-state index contributed by atoms with van der Waals surface area (Å²) in [6, 6.07) is 0.337. The highest BCUT2D eigenvalue weighted by molar-refractivity contribution is 5.76. The average molecular weight is 332 g/mol. The number of likely N-dealkylation sites (tertiary alicyclic amines) is 1. The number of carbonyl (C=O) groups is 1. The molecular formula is C19H32N4O. The van der Waals surface area contributed by atoms with Crippen LogP contribution in [0.1, 0.15) is 56.9 Å². The Labute approximate surface area is 145 Å². The maximum atomic E-state index is 12.2. The largest absolute Gasteiger partial charge is 0.352 e. The molecule has 3 rings (SSSR count). The van der Waals surface area contributed by atoms with E-state index < -0.39 is 0 Å². The standard InChI is InChI=1S/C19H32N4O/c1-22-13-17(12-20-22)9-10-19(24)21-18-8-5-11-23(15-18)14-16-6-3-2-4-7-16/h12-13,16,18H,2-11,14-15H2,1H3,(H,21,24). The summed E-state index contributed by atoms with van der Waals surface area (Å²) in [6.45, 7) is 3.48. The molecule has 1 aliphatic heterocycles. The molecule has 1 aromatic heterocycles. The molecule has 1 atom stereocenters. The zero-order valence-corrected chi connectivity index (χ0v) is 15.0. The minimum absolute atomic E-state index is 0.184. The maximum Gasteiger partial charge on any atom is 0.220 e. The zero-order valence-electron chi connectivity index (χ0n) is 15.0. The Hall–Kier alpha value is -1.36. The van der Waals surface area contributed by atoms with Gasteiger partial charge in [0.25, 0.3) is 0 Å². The van der Waals surface area contributed by atoms with Crippen molar-refractivity contribution >= 4 is 5.91 Å². The van der Waals surface area contributed by atoms with E-state index in [1.54, 1.807) is 4.68 Å². The van der Waals surface area contributed by atoms with Crippen LogP contribution in [0.15, 0.2) is 12.4 Å². The molecule has 5 heteroatoms. The van der Waals surface area contributed by atoms with Crippen LogP contribution < -0.4 is 5.32 Å². The predicted molar refractivity (Wildman–Crippen MR) is 95.7 cm³/mol. The molecular weight excluding hydrogens is 300 g/mol. The number of hydrogen-bond donors (Lipinski definition) is 1. The fourth-order valence-electron chi connectivity index (χ4n) is 4.23. The summed E-state index contributed by atoms with van der Waals surface area (Å²) in [6.07, 6.45) is 14.5. The molecule has 1 N–H and O–H groups in total. The van der Waals surface area contributed by atoms with Crippen LogP contribution in [0.5, 0.6) is 0 Å². The van der Waals surface area contributed by atoms with Gasteiger partial charge in [-0.2, -0.15) is 5.10 Å². The molecule has 1 saturated heterocycles. The van der Waals surface area contributed by atoms with E-state index in [0.717, 1.165) is 30.9 Å². The van der Waals surface area contributed by atoms with Crippen molar-refractivity contribution in [2.24, 2.45) is 13.0 Å². The van der Waals surface area contributed by atoms with Gasteiger partial charge in [0.15, 0.2) is 0 Å². The molecule has 0 bridgehead atoms. The number of hydrogen-bond acceptors (Lipinski definition) is 3. The van der Waals surface area contributed by atoms with E-state index in [9.17, 15) is 4.79 Å². The van der Waals surface area contributed by atoms with Gasteiger partial charge >= 0.3 is 0 Å². The van der Waals surface area contributed by atoms with Gasteiger partial charge in [-0.15, -0.1) is 0 Å². The molecule has 1 unspecified atom stereocenters. The van der Waals surface area contributed by atoms with Gasteiger partial charge in [0.2, 0.25) is 5.91 Å². The Balaban J connectivity index is 1.38. The monoisotopic (exact) mass is 332 g/mol. The van der Waals surface area contributed by atoms with Gasteiger partial charge in [-0.05, 0) is 50.1 Å². The van der Waals surface area contributed by atoms with Gasteiger partial charge in [-0.25, -0.2) is 0 Å². The first kappa shape index (κ1) is 17.5. The highest BCUT2D eigenvalue weighted by Gasteiger charge is 2.24. The fourth-order valence-corrected chi connectivity index (χ4v) is 4.23. The Morgan fingerprint density at radius 3 is 2.83 bits per heavy atom. The molecule has 1 aliphatic carbocycles. The minimum atomic E-state index is 0.184. The van der Waals surface area contributed by atoms with Crippen molar-refractivity contribution in [3.8, 4) is 0 Å². The van der Waals surface area contributed by atoms with Crippen molar-refractivity contribution in [3.05, 3.63) is 18.0 Å². The SMILES string of the molecule is Cn1cc(CCC(=O)NC2CCCN(CC3CCCCC3)C2)cn1. The lowest BCUT2D eigenvalue weighted by Crippen LogP contribution is -2.49. The van der Waals surface area contributed by atoms with Crippen molar-refractivity contribution in [3.63, 3.8) is 0 Å². The predicted octanol–water partition coefficient (Wildman–Crippen LogP) is 2.51. The third kappa shape index (κ3) is 5.33. The lowest BCUT2D eigenvalue weighted by Gasteiger charge is -2.36. The van der Waals surface area contributed by atoms with Gasteiger partial charge in [-0.3, -0.25) is 9.48 Å². The second kappa shape index (κ2) is 8.65. The molecule has 0 spiro atoms. The summed E-state index contributed by atoms with van der Waals surface area (Å²) < 4.78 is 1.79. The second-order valence-electron chi connectivity index (χ2n) is 7.69. The van der Waals surface area contributed by atoms with Crippen LogP contribution >= 0.6 is 0 Å². The summed E-state index contributed by atoms with van der Waals surface area (Å²) in [5, 5.41) is 7.41. The van der Waals surface area contributed by atoms with Crippen LogP contribution in [-0.4, -0.2) is 46.3 Å². The summed E-state index contributed by atoms with van der Waals surface area (Å²) >= 11 is 0.